The molecule has 0 aliphatic rings. The molecule has 74 valence electrons. The number of carbonyl (C=O) groups excluding carboxylic acids is 1. The Bertz CT molecular complexity index is 201. The molecule has 1 unspecified atom stereocenters. The lowest BCUT2D eigenvalue weighted by atomic mass is 10.1. The first kappa shape index (κ1) is 11.7. The van der Waals surface area contributed by atoms with Gasteiger partial charge in [-0.1, -0.05) is 6.58 Å². The zero-order chi connectivity index (χ0) is 10.3. The minimum Gasteiger partial charge on any atom is -0.481 e. The molecule has 4 nitrogen and oxygen atoms in total. The maximum Gasteiger partial charge on any atom is 0.303 e. The number of nitrogens with one attached hydrogen (secondary N) is 1. The number of hydrogen-bond donors (Lipinski definition) is 2. The molecule has 0 heterocycles. The molecule has 0 aliphatic heterocycles. The van der Waals surface area contributed by atoms with E-state index in [0.29, 0.717) is 12.8 Å². The third kappa shape index (κ3) is 7.05. The first-order valence-electron chi connectivity index (χ1n) is 4.21. The van der Waals surface area contributed by atoms with Crippen LogP contribution in [0.2, 0.25) is 0 Å². The summed E-state index contributed by atoms with van der Waals surface area (Å²) in [5.41, 5.74) is 0. The Morgan fingerprint density at radius 3 is 2.69 bits per heavy atom. The van der Waals surface area contributed by atoms with Gasteiger partial charge in [0.05, 0.1) is 0 Å². The van der Waals surface area contributed by atoms with Gasteiger partial charge in [0.15, 0.2) is 0 Å². The first-order chi connectivity index (χ1) is 6.06. The smallest absolute Gasteiger partial charge is 0.303 e. The van der Waals surface area contributed by atoms with Crippen molar-refractivity contribution in [1.82, 2.24) is 5.32 Å². The van der Waals surface area contributed by atoms with Gasteiger partial charge in [-0.3, -0.25) is 9.59 Å². The van der Waals surface area contributed by atoms with Gasteiger partial charge < -0.3 is 10.4 Å². The summed E-state index contributed by atoms with van der Waals surface area (Å²) in [7, 11) is 0. The number of hydrogen-bond acceptors (Lipinski definition) is 2. The summed E-state index contributed by atoms with van der Waals surface area (Å²) < 4.78 is 0. The van der Waals surface area contributed by atoms with E-state index in [9.17, 15) is 9.59 Å². The van der Waals surface area contributed by atoms with Crippen molar-refractivity contribution in [3.8, 4) is 0 Å². The first-order valence-corrected chi connectivity index (χ1v) is 4.21. The average Bonchev–Trinajstić information content (AvgIpc) is 2.03. The lowest BCUT2D eigenvalue weighted by molar-refractivity contribution is -0.137. The minimum atomic E-state index is -0.803. The van der Waals surface area contributed by atoms with Gasteiger partial charge >= 0.3 is 5.97 Å². The summed E-state index contributed by atoms with van der Waals surface area (Å²) in [4.78, 5) is 20.9. The Morgan fingerprint density at radius 2 is 2.23 bits per heavy atom. The largest absolute Gasteiger partial charge is 0.481 e. The predicted molar refractivity (Wildman–Crippen MR) is 49.3 cm³/mol. The van der Waals surface area contributed by atoms with Crippen molar-refractivity contribution >= 4 is 11.9 Å². The van der Waals surface area contributed by atoms with Crippen molar-refractivity contribution in [2.24, 2.45) is 0 Å². The molecule has 0 fully saturated rings. The van der Waals surface area contributed by atoms with Crippen molar-refractivity contribution in [3.63, 3.8) is 0 Å². The van der Waals surface area contributed by atoms with Crippen LogP contribution in [0.1, 0.15) is 26.2 Å². The van der Waals surface area contributed by atoms with Gasteiger partial charge in [0.25, 0.3) is 0 Å². The Labute approximate surface area is 77.6 Å². The number of carboxylic acids is 1. The van der Waals surface area contributed by atoms with E-state index in [0.717, 1.165) is 0 Å². The van der Waals surface area contributed by atoms with Crippen LogP contribution in [-0.2, 0) is 9.59 Å². The monoisotopic (exact) mass is 185 g/mol. The van der Waals surface area contributed by atoms with Crippen molar-refractivity contribution in [3.05, 3.63) is 12.7 Å². The average molecular weight is 185 g/mol. The molecule has 0 spiro atoms. The van der Waals surface area contributed by atoms with Crippen molar-refractivity contribution in [1.29, 1.82) is 0 Å². The maximum absolute atomic E-state index is 10.8. The number of rotatable bonds is 6. The molecule has 1 atom stereocenters. The van der Waals surface area contributed by atoms with Crippen molar-refractivity contribution < 1.29 is 14.7 Å². The highest BCUT2D eigenvalue weighted by atomic mass is 16.4. The second-order valence-corrected chi connectivity index (χ2v) is 2.90. The van der Waals surface area contributed by atoms with Crippen LogP contribution >= 0.6 is 0 Å². The molecule has 0 aromatic rings. The summed E-state index contributed by atoms with van der Waals surface area (Å²) >= 11 is 0. The fourth-order valence-corrected chi connectivity index (χ4v) is 0.933. The van der Waals surface area contributed by atoms with Gasteiger partial charge in [-0.2, -0.15) is 0 Å². The van der Waals surface area contributed by atoms with Crippen molar-refractivity contribution in [2.75, 3.05) is 0 Å². The number of aliphatic carboxylic acids is 1. The van der Waals surface area contributed by atoms with E-state index in [-0.39, 0.29) is 18.4 Å². The molecule has 0 bridgehead atoms. The second-order valence-electron chi connectivity index (χ2n) is 2.90. The van der Waals surface area contributed by atoms with Crippen LogP contribution in [0.4, 0.5) is 0 Å². The molecule has 0 rings (SSSR count). The molecule has 2 N–H and O–H groups in total. The topological polar surface area (TPSA) is 66.4 Å². The molecule has 1 amide bonds. The summed E-state index contributed by atoms with van der Waals surface area (Å²) in [5.74, 6) is -1.02. The highest BCUT2D eigenvalue weighted by Crippen LogP contribution is 2.00. The van der Waals surface area contributed by atoms with Crippen LogP contribution in [0.15, 0.2) is 12.7 Å². The summed E-state index contributed by atoms with van der Waals surface area (Å²) in [5, 5.41) is 11.0. The van der Waals surface area contributed by atoms with Gasteiger partial charge in [-0.05, 0) is 25.8 Å². The standard InChI is InChI=1S/C9H15NO3/c1-3-8(11)10-7(2)5-4-6-9(12)13/h3,7H,1,4-6H2,2H3,(H,10,11)(H,12,13). The normalized spacial score (nSPS) is 11.8. The van der Waals surface area contributed by atoms with Crippen LogP contribution in [0.25, 0.3) is 0 Å². The van der Waals surface area contributed by atoms with E-state index in [1.807, 2.05) is 6.92 Å². The predicted octanol–water partition coefficient (Wildman–Crippen LogP) is 0.932. The minimum absolute atomic E-state index is 0.00449. The van der Waals surface area contributed by atoms with Crippen molar-refractivity contribution in [2.45, 2.75) is 32.2 Å². The molecule has 0 aromatic carbocycles. The van der Waals surface area contributed by atoms with E-state index < -0.39 is 5.97 Å². The molecule has 0 aromatic heterocycles. The highest BCUT2D eigenvalue weighted by Gasteiger charge is 2.05. The summed E-state index contributed by atoms with van der Waals surface area (Å²) in [6, 6.07) is 0.00449. The van der Waals surface area contributed by atoms with Crippen LogP contribution < -0.4 is 5.32 Å². The highest BCUT2D eigenvalue weighted by molar-refractivity contribution is 5.87. The van der Waals surface area contributed by atoms with Gasteiger partial charge in [-0.15, -0.1) is 0 Å². The van der Waals surface area contributed by atoms with E-state index >= 15 is 0 Å². The molecular formula is C9H15NO3. The fraction of sp³-hybridized carbons (Fsp3) is 0.556. The van der Waals surface area contributed by atoms with Crippen LogP contribution in [0, 0.1) is 0 Å². The second kappa shape index (κ2) is 6.22. The van der Waals surface area contributed by atoms with Gasteiger partial charge in [0.2, 0.25) is 5.91 Å². The van der Waals surface area contributed by atoms with Gasteiger partial charge in [0.1, 0.15) is 0 Å². The number of carbonyl (C=O) groups is 2. The molecule has 0 saturated carbocycles. The Kier molecular flexibility index (Phi) is 5.59. The third-order valence-electron chi connectivity index (χ3n) is 1.60. The molecular weight excluding hydrogens is 170 g/mol. The Balaban J connectivity index is 3.51. The zero-order valence-corrected chi connectivity index (χ0v) is 7.75. The van der Waals surface area contributed by atoms with Crippen LogP contribution in [0.5, 0.6) is 0 Å². The van der Waals surface area contributed by atoms with E-state index in [1.165, 1.54) is 6.08 Å². The van der Waals surface area contributed by atoms with Gasteiger partial charge in [-0.25, -0.2) is 0 Å². The van der Waals surface area contributed by atoms with E-state index in [4.69, 9.17) is 5.11 Å². The maximum atomic E-state index is 10.8. The quantitative estimate of drug-likeness (QED) is 0.605. The van der Waals surface area contributed by atoms with E-state index in [1.54, 1.807) is 0 Å². The SMILES string of the molecule is C=CC(=O)NC(C)CCCC(=O)O. The number of carboxylic acid groups (broad SMARTS) is 1. The Hall–Kier alpha value is -1.32. The number of amides is 1. The van der Waals surface area contributed by atoms with Crippen LogP contribution in [-0.4, -0.2) is 23.0 Å². The van der Waals surface area contributed by atoms with Gasteiger partial charge in [0, 0.05) is 12.5 Å². The summed E-state index contributed by atoms with van der Waals surface area (Å²) in [6.45, 7) is 5.15. The summed E-state index contributed by atoms with van der Waals surface area (Å²) in [6.07, 6.45) is 2.60. The fourth-order valence-electron chi connectivity index (χ4n) is 0.933. The molecule has 4 heteroatoms. The third-order valence-corrected chi connectivity index (χ3v) is 1.60. The van der Waals surface area contributed by atoms with Crippen LogP contribution in [0.3, 0.4) is 0 Å². The van der Waals surface area contributed by atoms with E-state index in [2.05, 4.69) is 11.9 Å². The zero-order valence-electron chi connectivity index (χ0n) is 7.75. The molecule has 0 aliphatic carbocycles. The molecule has 13 heavy (non-hydrogen) atoms. The Morgan fingerprint density at radius 1 is 1.62 bits per heavy atom. The molecule has 0 saturated heterocycles. The lowest BCUT2D eigenvalue weighted by Crippen LogP contribution is -2.30. The lowest BCUT2D eigenvalue weighted by Gasteiger charge is -2.10. The molecule has 0 radical (unpaired) electrons.